The summed E-state index contributed by atoms with van der Waals surface area (Å²) in [6, 6.07) is 19.8. The van der Waals surface area contributed by atoms with Crippen LogP contribution in [0.1, 0.15) is 61.8 Å². The third-order valence-electron chi connectivity index (χ3n) is 5.21. The zero-order chi connectivity index (χ0) is 19.9. The molecule has 1 heteroatoms. The molecule has 144 valence electrons. The molecule has 0 N–H and O–H groups in total. The number of hydrogen-bond acceptors (Lipinski definition) is 1. The molecule has 3 aromatic carbocycles. The van der Waals surface area contributed by atoms with E-state index in [9.17, 15) is 0 Å². The molecule has 0 aliphatic carbocycles. The Morgan fingerprint density at radius 3 is 2.39 bits per heavy atom. The van der Waals surface area contributed by atoms with Crippen molar-refractivity contribution in [3.8, 4) is 5.75 Å². The predicted octanol–water partition coefficient (Wildman–Crippen LogP) is 7.85. The highest BCUT2D eigenvalue weighted by atomic mass is 16.5. The van der Waals surface area contributed by atoms with E-state index in [-0.39, 0.29) is 0 Å². The second-order valence-corrected chi connectivity index (χ2v) is 7.11. The average Bonchev–Trinajstić information content (AvgIpc) is 2.73. The maximum Gasteiger partial charge on any atom is 0.127 e. The van der Waals surface area contributed by atoms with Crippen molar-refractivity contribution in [2.75, 3.05) is 6.61 Å². The smallest absolute Gasteiger partial charge is 0.127 e. The minimum Gasteiger partial charge on any atom is -0.493 e. The standard InChI is InChI=1S/C27H30O/c1-5-10-20-14-16-22(17-15-20)24(11-6-2)23-18-21(7-3)25-12-9-13-27(28-8-4)26(25)19-23/h5,7,9-10,12-19,24H,3,6,8,11H2,1-2,4H3/b10-5+. The Hall–Kier alpha value is -2.80. The molecular formula is C27H30O. The molecule has 0 spiro atoms. The molecule has 3 rings (SSSR count). The lowest BCUT2D eigenvalue weighted by molar-refractivity contribution is 0.344. The molecule has 0 fully saturated rings. The van der Waals surface area contributed by atoms with Crippen molar-refractivity contribution < 1.29 is 4.74 Å². The quantitative estimate of drug-likeness (QED) is 0.392. The van der Waals surface area contributed by atoms with Crippen LogP contribution in [0.25, 0.3) is 22.9 Å². The second kappa shape index (κ2) is 9.41. The van der Waals surface area contributed by atoms with Gasteiger partial charge >= 0.3 is 0 Å². The van der Waals surface area contributed by atoms with Gasteiger partial charge in [0.1, 0.15) is 5.75 Å². The van der Waals surface area contributed by atoms with Crippen LogP contribution in [0.4, 0.5) is 0 Å². The van der Waals surface area contributed by atoms with Crippen LogP contribution in [0.5, 0.6) is 5.75 Å². The highest BCUT2D eigenvalue weighted by Gasteiger charge is 2.16. The Bertz CT molecular complexity index is 963. The first-order valence-electron chi connectivity index (χ1n) is 10.3. The Morgan fingerprint density at radius 2 is 1.75 bits per heavy atom. The minimum absolute atomic E-state index is 0.363. The lowest BCUT2D eigenvalue weighted by atomic mass is 9.85. The van der Waals surface area contributed by atoms with Gasteiger partial charge in [0.2, 0.25) is 0 Å². The van der Waals surface area contributed by atoms with E-state index >= 15 is 0 Å². The van der Waals surface area contributed by atoms with Crippen molar-refractivity contribution in [3.63, 3.8) is 0 Å². The van der Waals surface area contributed by atoms with Crippen molar-refractivity contribution in [2.24, 2.45) is 0 Å². The van der Waals surface area contributed by atoms with Gasteiger partial charge in [-0.1, -0.05) is 80.6 Å². The zero-order valence-corrected chi connectivity index (χ0v) is 17.2. The Morgan fingerprint density at radius 1 is 0.964 bits per heavy atom. The van der Waals surface area contributed by atoms with Gasteiger partial charge in [0.15, 0.2) is 0 Å². The minimum atomic E-state index is 0.363. The third kappa shape index (κ3) is 4.20. The van der Waals surface area contributed by atoms with Gasteiger partial charge in [0.25, 0.3) is 0 Å². The lowest BCUT2D eigenvalue weighted by Gasteiger charge is -2.20. The van der Waals surface area contributed by atoms with E-state index in [0.717, 1.165) is 18.6 Å². The van der Waals surface area contributed by atoms with Crippen LogP contribution in [0.2, 0.25) is 0 Å². The first-order valence-corrected chi connectivity index (χ1v) is 10.3. The molecule has 1 atom stereocenters. The number of allylic oxidation sites excluding steroid dienone is 1. The van der Waals surface area contributed by atoms with Crippen LogP contribution < -0.4 is 4.74 Å². The molecule has 0 bridgehead atoms. The van der Waals surface area contributed by atoms with Gasteiger partial charge in [-0.2, -0.15) is 0 Å². The van der Waals surface area contributed by atoms with Gasteiger partial charge < -0.3 is 4.74 Å². The summed E-state index contributed by atoms with van der Waals surface area (Å²) in [6.45, 7) is 11.1. The van der Waals surface area contributed by atoms with E-state index < -0.39 is 0 Å². The third-order valence-corrected chi connectivity index (χ3v) is 5.21. The first kappa shape index (κ1) is 19.9. The van der Waals surface area contributed by atoms with Crippen LogP contribution in [0.15, 0.2) is 67.3 Å². The highest BCUT2D eigenvalue weighted by Crippen LogP contribution is 2.36. The van der Waals surface area contributed by atoms with Crippen LogP contribution in [-0.2, 0) is 0 Å². The van der Waals surface area contributed by atoms with E-state index in [1.165, 1.54) is 33.0 Å². The SMILES string of the molecule is C=Cc1cc(C(CCC)c2ccc(/C=C/C)cc2)cc2c(OCC)cccc12. The largest absolute Gasteiger partial charge is 0.493 e. The number of ether oxygens (including phenoxy) is 1. The van der Waals surface area contributed by atoms with Gasteiger partial charge in [-0.3, -0.25) is 0 Å². The normalized spacial score (nSPS) is 12.4. The summed E-state index contributed by atoms with van der Waals surface area (Å²) in [7, 11) is 0. The van der Waals surface area contributed by atoms with E-state index in [4.69, 9.17) is 4.74 Å². The summed E-state index contributed by atoms with van der Waals surface area (Å²) in [5.41, 5.74) is 5.10. The molecule has 0 saturated carbocycles. The topological polar surface area (TPSA) is 9.23 Å². The van der Waals surface area contributed by atoms with Gasteiger partial charge in [0, 0.05) is 11.3 Å². The molecule has 3 aromatic rings. The molecular weight excluding hydrogens is 340 g/mol. The summed E-state index contributed by atoms with van der Waals surface area (Å²) in [6.07, 6.45) is 8.42. The monoisotopic (exact) mass is 370 g/mol. The van der Waals surface area contributed by atoms with Gasteiger partial charge in [-0.05, 0) is 60.0 Å². The molecule has 0 aromatic heterocycles. The van der Waals surface area contributed by atoms with E-state index in [1.54, 1.807) is 0 Å². The maximum absolute atomic E-state index is 5.92. The Balaban J connectivity index is 2.14. The molecule has 0 aliphatic rings. The van der Waals surface area contributed by atoms with Crippen LogP contribution in [-0.4, -0.2) is 6.61 Å². The summed E-state index contributed by atoms with van der Waals surface area (Å²) in [4.78, 5) is 0. The fraction of sp³-hybridized carbons (Fsp3) is 0.259. The van der Waals surface area contributed by atoms with E-state index in [0.29, 0.717) is 12.5 Å². The van der Waals surface area contributed by atoms with Gasteiger partial charge in [-0.25, -0.2) is 0 Å². The van der Waals surface area contributed by atoms with E-state index in [2.05, 4.69) is 87.2 Å². The van der Waals surface area contributed by atoms with Crippen LogP contribution in [0.3, 0.4) is 0 Å². The van der Waals surface area contributed by atoms with Crippen molar-refractivity contribution in [1.82, 2.24) is 0 Å². The molecule has 1 nitrogen and oxygen atoms in total. The summed E-state index contributed by atoms with van der Waals surface area (Å²) >= 11 is 0. The number of hydrogen-bond donors (Lipinski definition) is 0. The average molecular weight is 371 g/mol. The Kier molecular flexibility index (Phi) is 6.71. The predicted molar refractivity (Wildman–Crippen MR) is 123 cm³/mol. The zero-order valence-electron chi connectivity index (χ0n) is 17.2. The fourth-order valence-electron chi connectivity index (χ4n) is 3.91. The summed E-state index contributed by atoms with van der Waals surface area (Å²) < 4.78 is 5.92. The van der Waals surface area contributed by atoms with Gasteiger partial charge in [-0.15, -0.1) is 0 Å². The molecule has 0 radical (unpaired) electrons. The molecule has 0 heterocycles. The molecule has 1 unspecified atom stereocenters. The van der Waals surface area contributed by atoms with Gasteiger partial charge in [0.05, 0.1) is 6.61 Å². The van der Waals surface area contributed by atoms with E-state index in [1.807, 2.05) is 13.0 Å². The van der Waals surface area contributed by atoms with Crippen molar-refractivity contribution >= 4 is 22.9 Å². The fourth-order valence-corrected chi connectivity index (χ4v) is 3.91. The molecule has 28 heavy (non-hydrogen) atoms. The summed E-state index contributed by atoms with van der Waals surface area (Å²) in [5.74, 6) is 1.31. The highest BCUT2D eigenvalue weighted by molar-refractivity contribution is 5.95. The van der Waals surface area contributed by atoms with Crippen LogP contribution in [0, 0.1) is 0 Å². The lowest BCUT2D eigenvalue weighted by Crippen LogP contribution is -2.02. The Labute approximate surface area is 169 Å². The second-order valence-electron chi connectivity index (χ2n) is 7.11. The van der Waals surface area contributed by atoms with Crippen molar-refractivity contribution in [2.45, 2.75) is 39.5 Å². The maximum atomic E-state index is 5.92. The molecule has 0 saturated heterocycles. The first-order chi connectivity index (χ1) is 13.7. The molecule has 0 aliphatic heterocycles. The van der Waals surface area contributed by atoms with Crippen LogP contribution >= 0.6 is 0 Å². The van der Waals surface area contributed by atoms with Crippen molar-refractivity contribution in [1.29, 1.82) is 0 Å². The summed E-state index contributed by atoms with van der Waals surface area (Å²) in [5, 5.41) is 2.37. The number of benzene rings is 3. The van der Waals surface area contributed by atoms with Crippen molar-refractivity contribution in [3.05, 3.63) is 89.5 Å². The number of fused-ring (bicyclic) bond motifs is 1. The molecule has 0 amide bonds. The number of rotatable bonds is 8.